The van der Waals surface area contributed by atoms with Crippen LogP contribution < -0.4 is 11.2 Å². The summed E-state index contributed by atoms with van der Waals surface area (Å²) in [7, 11) is 2.93. The molecule has 148 valence electrons. The van der Waals surface area contributed by atoms with Gasteiger partial charge in [-0.1, -0.05) is 18.2 Å². The van der Waals surface area contributed by atoms with E-state index in [1.54, 1.807) is 10.7 Å². The van der Waals surface area contributed by atoms with E-state index in [-0.39, 0.29) is 6.61 Å². The Morgan fingerprint density at radius 3 is 2.55 bits per heavy atom. The summed E-state index contributed by atoms with van der Waals surface area (Å²) in [5.74, 6) is -0.515. The Kier molecular flexibility index (Phi) is 4.67. The molecule has 9 heteroatoms. The fourth-order valence-electron chi connectivity index (χ4n) is 3.02. The molecule has 4 aromatic rings. The molecule has 0 fully saturated rings. The molecule has 0 atom stereocenters. The highest BCUT2D eigenvalue weighted by molar-refractivity contribution is 7.20. The van der Waals surface area contributed by atoms with E-state index in [9.17, 15) is 14.4 Å². The molecule has 0 saturated carbocycles. The molecule has 1 aromatic carbocycles. The highest BCUT2D eigenvalue weighted by Crippen LogP contribution is 2.30. The molecular weight excluding hydrogens is 392 g/mol. The van der Waals surface area contributed by atoms with Gasteiger partial charge in [-0.15, -0.1) is 11.3 Å². The number of ether oxygens (including phenoxy) is 1. The minimum atomic E-state index is -0.515. The molecule has 0 aliphatic rings. The van der Waals surface area contributed by atoms with Crippen LogP contribution in [-0.2, 0) is 25.4 Å². The van der Waals surface area contributed by atoms with Crippen molar-refractivity contribution in [2.24, 2.45) is 14.1 Å². The van der Waals surface area contributed by atoms with Crippen LogP contribution in [0.15, 0.2) is 52.1 Å². The average molecular weight is 410 g/mol. The van der Waals surface area contributed by atoms with E-state index in [1.807, 2.05) is 37.3 Å². The smallest absolute Gasteiger partial charge is 0.348 e. The Morgan fingerprint density at radius 1 is 1.10 bits per heavy atom. The van der Waals surface area contributed by atoms with Crippen LogP contribution in [-0.4, -0.2) is 24.9 Å². The summed E-state index contributed by atoms with van der Waals surface area (Å²) >= 11 is 1.29. The molecule has 0 radical (unpaired) electrons. The number of hydrogen-bond acceptors (Lipinski definition) is 6. The average Bonchev–Trinajstić information content (AvgIpc) is 3.29. The van der Waals surface area contributed by atoms with Crippen molar-refractivity contribution in [1.82, 2.24) is 18.9 Å². The molecule has 0 spiro atoms. The van der Waals surface area contributed by atoms with Crippen molar-refractivity contribution >= 4 is 27.5 Å². The monoisotopic (exact) mass is 410 g/mol. The van der Waals surface area contributed by atoms with Crippen molar-refractivity contribution < 1.29 is 9.53 Å². The van der Waals surface area contributed by atoms with Crippen LogP contribution in [0.5, 0.6) is 0 Å². The van der Waals surface area contributed by atoms with Crippen molar-refractivity contribution in [2.75, 3.05) is 0 Å². The molecule has 3 heterocycles. The number of aryl methyl sites for hydroxylation is 1. The van der Waals surface area contributed by atoms with Gasteiger partial charge in [0.05, 0.1) is 17.1 Å². The van der Waals surface area contributed by atoms with Crippen LogP contribution in [0.4, 0.5) is 0 Å². The van der Waals surface area contributed by atoms with E-state index in [4.69, 9.17) is 4.74 Å². The van der Waals surface area contributed by atoms with E-state index in [0.717, 1.165) is 26.2 Å². The lowest BCUT2D eigenvalue weighted by Gasteiger charge is -2.09. The maximum Gasteiger partial charge on any atom is 0.348 e. The molecule has 0 aliphatic heterocycles. The summed E-state index contributed by atoms with van der Waals surface area (Å²) in [5, 5.41) is 5.43. The number of benzene rings is 1. The van der Waals surface area contributed by atoms with E-state index < -0.39 is 17.2 Å². The second-order valence-electron chi connectivity index (χ2n) is 6.61. The van der Waals surface area contributed by atoms with Crippen molar-refractivity contribution in [3.05, 3.63) is 79.6 Å². The zero-order valence-electron chi connectivity index (χ0n) is 16.1. The van der Waals surface area contributed by atoms with Gasteiger partial charge >= 0.3 is 11.7 Å². The number of esters is 1. The van der Waals surface area contributed by atoms with E-state index in [1.165, 1.54) is 36.1 Å². The lowest BCUT2D eigenvalue weighted by molar-refractivity contribution is 0.0468. The summed E-state index contributed by atoms with van der Waals surface area (Å²) in [4.78, 5) is 37.7. The van der Waals surface area contributed by atoms with Crippen LogP contribution in [0, 0.1) is 6.92 Å². The van der Waals surface area contributed by atoms with Gasteiger partial charge in [0.25, 0.3) is 5.56 Å². The zero-order valence-corrected chi connectivity index (χ0v) is 16.9. The maximum absolute atomic E-state index is 12.6. The van der Waals surface area contributed by atoms with Crippen molar-refractivity contribution in [3.8, 4) is 5.69 Å². The Labute approximate surface area is 169 Å². The van der Waals surface area contributed by atoms with Gasteiger partial charge in [-0.3, -0.25) is 13.9 Å². The van der Waals surface area contributed by atoms with Gasteiger partial charge in [-0.2, -0.15) is 5.10 Å². The molecule has 0 N–H and O–H groups in total. The lowest BCUT2D eigenvalue weighted by Crippen LogP contribution is -2.38. The number of carbonyl (C=O) groups excluding carboxylic acids is 1. The minimum Gasteiger partial charge on any atom is -0.455 e. The Bertz CT molecular complexity index is 1340. The van der Waals surface area contributed by atoms with Gasteiger partial charge < -0.3 is 4.74 Å². The van der Waals surface area contributed by atoms with E-state index >= 15 is 0 Å². The number of hydrogen-bond donors (Lipinski definition) is 0. The number of rotatable bonds is 4. The third kappa shape index (κ3) is 3.29. The molecule has 0 unspecified atom stereocenters. The predicted octanol–water partition coefficient (Wildman–Crippen LogP) is 2.15. The Hall–Kier alpha value is -3.46. The fraction of sp³-hybridized carbons (Fsp3) is 0.200. The summed E-state index contributed by atoms with van der Waals surface area (Å²) in [5.41, 5.74) is 1.14. The highest BCUT2D eigenvalue weighted by atomic mass is 32.1. The number of carbonyl (C=O) groups is 1. The molecule has 8 nitrogen and oxygen atoms in total. The van der Waals surface area contributed by atoms with Crippen LogP contribution in [0.25, 0.3) is 15.9 Å². The Morgan fingerprint density at radius 2 is 1.83 bits per heavy atom. The van der Waals surface area contributed by atoms with Crippen LogP contribution in [0.3, 0.4) is 0 Å². The summed E-state index contributed by atoms with van der Waals surface area (Å²) in [6.45, 7) is 1.72. The van der Waals surface area contributed by atoms with Crippen molar-refractivity contribution in [3.63, 3.8) is 0 Å². The number of aromatic nitrogens is 4. The first-order chi connectivity index (χ1) is 13.9. The molecule has 0 amide bonds. The first kappa shape index (κ1) is 18.9. The van der Waals surface area contributed by atoms with Crippen LogP contribution in [0.1, 0.15) is 21.1 Å². The number of para-hydroxylation sites is 1. The first-order valence-corrected chi connectivity index (χ1v) is 9.66. The predicted molar refractivity (Wildman–Crippen MR) is 110 cm³/mol. The third-order valence-electron chi connectivity index (χ3n) is 4.72. The topological polar surface area (TPSA) is 88.1 Å². The van der Waals surface area contributed by atoms with Crippen molar-refractivity contribution in [2.45, 2.75) is 13.5 Å². The van der Waals surface area contributed by atoms with Gasteiger partial charge in [0.1, 0.15) is 16.3 Å². The van der Waals surface area contributed by atoms with Crippen molar-refractivity contribution in [1.29, 1.82) is 0 Å². The van der Waals surface area contributed by atoms with Gasteiger partial charge in [0, 0.05) is 25.5 Å². The normalized spacial score (nSPS) is 11.1. The minimum absolute atomic E-state index is 0.168. The summed E-state index contributed by atoms with van der Waals surface area (Å²) in [6, 6.07) is 12.7. The quantitative estimate of drug-likeness (QED) is 0.481. The first-order valence-electron chi connectivity index (χ1n) is 8.84. The second kappa shape index (κ2) is 7.17. The van der Waals surface area contributed by atoms with Gasteiger partial charge in [0.2, 0.25) is 0 Å². The largest absolute Gasteiger partial charge is 0.455 e. The van der Waals surface area contributed by atoms with Gasteiger partial charge in [-0.25, -0.2) is 14.3 Å². The molecule has 4 rings (SSSR count). The second-order valence-corrected chi connectivity index (χ2v) is 7.64. The molecule has 0 bridgehead atoms. The van der Waals surface area contributed by atoms with Crippen LogP contribution >= 0.6 is 11.3 Å². The van der Waals surface area contributed by atoms with E-state index in [0.29, 0.717) is 10.6 Å². The summed E-state index contributed by atoms with van der Waals surface area (Å²) < 4.78 is 9.45. The third-order valence-corrected chi connectivity index (χ3v) is 5.81. The SMILES string of the molecule is Cc1nn(-c2ccccc2)c2sc(C(=O)OCc3cc(=O)n(C)c(=O)n3C)cc12. The number of nitrogens with zero attached hydrogens (tertiary/aromatic N) is 4. The molecule has 29 heavy (non-hydrogen) atoms. The van der Waals surface area contributed by atoms with Crippen LogP contribution in [0.2, 0.25) is 0 Å². The lowest BCUT2D eigenvalue weighted by atomic mass is 10.3. The number of fused-ring (bicyclic) bond motifs is 1. The standard InChI is InChI=1S/C20H18N4O4S/c1-12-15-10-16(29-18(15)24(21-12)13-7-5-4-6-8-13)19(26)28-11-14-9-17(25)23(3)20(27)22(14)2/h4-10H,11H2,1-3H3. The fourth-order valence-corrected chi connectivity index (χ4v) is 4.10. The highest BCUT2D eigenvalue weighted by Gasteiger charge is 2.18. The molecule has 0 saturated heterocycles. The molecule has 0 aliphatic carbocycles. The molecular formula is C20H18N4O4S. The zero-order chi connectivity index (χ0) is 20.7. The molecule has 3 aromatic heterocycles. The summed E-state index contributed by atoms with van der Waals surface area (Å²) in [6.07, 6.45) is 0. The maximum atomic E-state index is 12.6. The Balaban J connectivity index is 1.62. The van der Waals surface area contributed by atoms with Gasteiger partial charge in [-0.05, 0) is 25.1 Å². The van der Waals surface area contributed by atoms with E-state index in [2.05, 4.69) is 5.10 Å². The number of thiophene rings is 1. The van der Waals surface area contributed by atoms with Gasteiger partial charge in [0.15, 0.2) is 0 Å².